The Labute approximate surface area is 166 Å². The molecule has 2 aliphatic rings. The van der Waals surface area contributed by atoms with Crippen LogP contribution in [0.3, 0.4) is 0 Å². The summed E-state index contributed by atoms with van der Waals surface area (Å²) in [6.07, 6.45) is 3.72. The zero-order chi connectivity index (χ0) is 17.4. The van der Waals surface area contributed by atoms with Gasteiger partial charge in [0.25, 0.3) is 0 Å². The Morgan fingerprint density at radius 1 is 1.00 bits per heavy atom. The second kappa shape index (κ2) is 6.76. The quantitative estimate of drug-likeness (QED) is 0.484. The number of hydrogen-bond donors (Lipinski definition) is 0. The summed E-state index contributed by atoms with van der Waals surface area (Å²) >= 11 is 8.17. The molecule has 1 spiro atoms. The maximum atomic E-state index is 13.4. The van der Waals surface area contributed by atoms with Crippen molar-refractivity contribution in [2.24, 2.45) is 5.41 Å². The molecular formula is C21H18ClIO2. The molecule has 0 N–H and O–H groups in total. The van der Waals surface area contributed by atoms with Gasteiger partial charge in [0.2, 0.25) is 0 Å². The summed E-state index contributed by atoms with van der Waals surface area (Å²) in [6, 6.07) is 17.6. The van der Waals surface area contributed by atoms with Gasteiger partial charge in [-0.25, -0.2) is 0 Å². The number of rotatable bonds is 2. The van der Waals surface area contributed by atoms with Gasteiger partial charge in [-0.15, -0.1) is 0 Å². The van der Waals surface area contributed by atoms with E-state index < -0.39 is 5.41 Å². The third kappa shape index (κ3) is 2.91. The van der Waals surface area contributed by atoms with Crippen molar-refractivity contribution in [1.82, 2.24) is 0 Å². The lowest BCUT2D eigenvalue weighted by Gasteiger charge is -2.41. The highest BCUT2D eigenvalue weighted by molar-refractivity contribution is 14.1. The highest BCUT2D eigenvalue weighted by Gasteiger charge is 2.53. The molecule has 1 unspecified atom stereocenters. The molecule has 2 nitrogen and oxygen atoms in total. The first kappa shape index (κ1) is 17.1. The second-order valence-electron chi connectivity index (χ2n) is 6.75. The smallest absolute Gasteiger partial charge is 0.182 e. The number of ether oxygens (including phenoxy) is 1. The second-order valence-corrected chi connectivity index (χ2v) is 8.27. The molecule has 25 heavy (non-hydrogen) atoms. The highest BCUT2D eigenvalue weighted by atomic mass is 127. The standard InChI is InChI=1S/C21H18ClIO2/c22-16-10-8-14(9-11-16)18-17(23)19(24)21(12-4-5-13-21)20(25-18)15-6-2-1-3-7-15/h1-3,6-11,20H,4-5,12-13H2. The van der Waals surface area contributed by atoms with E-state index in [-0.39, 0.29) is 11.9 Å². The number of Topliss-reactive ketones (excluding diaryl/α,β-unsaturated/α-hetero) is 1. The molecule has 0 saturated heterocycles. The van der Waals surface area contributed by atoms with E-state index in [1.807, 2.05) is 42.5 Å². The zero-order valence-corrected chi connectivity index (χ0v) is 16.6. The largest absolute Gasteiger partial charge is 0.483 e. The van der Waals surface area contributed by atoms with Gasteiger partial charge in [0.05, 0.1) is 8.99 Å². The summed E-state index contributed by atoms with van der Waals surface area (Å²) in [5, 5.41) is 0.674. The molecule has 128 valence electrons. The van der Waals surface area contributed by atoms with E-state index in [2.05, 4.69) is 34.7 Å². The third-order valence-electron chi connectivity index (χ3n) is 5.29. The van der Waals surface area contributed by atoms with Crippen LogP contribution in [0.15, 0.2) is 58.2 Å². The minimum absolute atomic E-state index is 0.229. The SMILES string of the molecule is O=C1C(I)=C(c2ccc(Cl)cc2)OC(c2ccccc2)C12CCCC2. The summed E-state index contributed by atoms with van der Waals surface area (Å²) in [5.41, 5.74) is 1.55. The van der Waals surface area contributed by atoms with Crippen molar-refractivity contribution in [2.45, 2.75) is 31.8 Å². The van der Waals surface area contributed by atoms with Gasteiger partial charge in [-0.2, -0.15) is 0 Å². The summed E-state index contributed by atoms with van der Waals surface area (Å²) in [4.78, 5) is 13.4. The van der Waals surface area contributed by atoms with Crippen LogP contribution in [0.5, 0.6) is 0 Å². The topological polar surface area (TPSA) is 26.3 Å². The molecule has 0 amide bonds. The Morgan fingerprint density at radius 2 is 1.64 bits per heavy atom. The average molecular weight is 465 g/mol. The van der Waals surface area contributed by atoms with Crippen molar-refractivity contribution in [1.29, 1.82) is 0 Å². The lowest BCUT2D eigenvalue weighted by Crippen LogP contribution is -2.40. The van der Waals surface area contributed by atoms with Gasteiger partial charge in [0, 0.05) is 10.6 Å². The number of halogens is 2. The molecule has 1 aliphatic heterocycles. The summed E-state index contributed by atoms with van der Waals surface area (Å²) in [5.74, 6) is 0.907. The van der Waals surface area contributed by atoms with E-state index in [0.29, 0.717) is 14.4 Å². The van der Waals surface area contributed by atoms with Crippen molar-refractivity contribution in [3.05, 3.63) is 74.3 Å². The Bertz CT molecular complexity index is 821. The Hall–Kier alpha value is -1.33. The molecule has 0 bridgehead atoms. The third-order valence-corrected chi connectivity index (χ3v) is 6.52. The van der Waals surface area contributed by atoms with E-state index >= 15 is 0 Å². The highest BCUT2D eigenvalue weighted by Crippen LogP contribution is 2.57. The molecule has 2 aromatic carbocycles. The lowest BCUT2D eigenvalue weighted by molar-refractivity contribution is -0.133. The van der Waals surface area contributed by atoms with Crippen LogP contribution in [0.4, 0.5) is 0 Å². The summed E-state index contributed by atoms with van der Waals surface area (Å²) < 4.78 is 7.23. The average Bonchev–Trinajstić information content (AvgIpc) is 3.12. The van der Waals surface area contributed by atoms with E-state index in [4.69, 9.17) is 16.3 Å². The fraction of sp³-hybridized carbons (Fsp3) is 0.286. The van der Waals surface area contributed by atoms with Crippen LogP contribution >= 0.6 is 34.2 Å². The van der Waals surface area contributed by atoms with Crippen LogP contribution in [0.1, 0.15) is 42.9 Å². The van der Waals surface area contributed by atoms with Gasteiger partial charge >= 0.3 is 0 Å². The molecule has 4 rings (SSSR count). The fourth-order valence-electron chi connectivity index (χ4n) is 4.03. The van der Waals surface area contributed by atoms with E-state index in [0.717, 1.165) is 36.8 Å². The predicted octanol–water partition coefficient (Wildman–Crippen LogP) is 6.34. The molecule has 1 atom stereocenters. The van der Waals surface area contributed by atoms with Crippen LogP contribution < -0.4 is 0 Å². The summed E-state index contributed by atoms with van der Waals surface area (Å²) in [7, 11) is 0. The van der Waals surface area contributed by atoms with Gasteiger partial charge in [0.1, 0.15) is 11.9 Å². The predicted molar refractivity (Wildman–Crippen MR) is 109 cm³/mol. The first-order valence-corrected chi connectivity index (χ1v) is 10.00. The van der Waals surface area contributed by atoms with Crippen molar-refractivity contribution < 1.29 is 9.53 Å². The van der Waals surface area contributed by atoms with Crippen molar-refractivity contribution >= 4 is 45.7 Å². The van der Waals surface area contributed by atoms with Crippen LogP contribution in [0.2, 0.25) is 5.02 Å². The van der Waals surface area contributed by atoms with Gasteiger partial charge in [-0.1, -0.05) is 54.8 Å². The number of allylic oxidation sites excluding steroid dienone is 1. The van der Waals surface area contributed by atoms with E-state index in [1.54, 1.807) is 0 Å². The maximum Gasteiger partial charge on any atom is 0.182 e. The van der Waals surface area contributed by atoms with Crippen LogP contribution in [0.25, 0.3) is 5.76 Å². The maximum absolute atomic E-state index is 13.4. The Balaban J connectivity index is 1.84. The Morgan fingerprint density at radius 3 is 2.28 bits per heavy atom. The van der Waals surface area contributed by atoms with E-state index in [1.165, 1.54) is 0 Å². The van der Waals surface area contributed by atoms with Crippen LogP contribution in [0, 0.1) is 5.41 Å². The monoisotopic (exact) mass is 464 g/mol. The van der Waals surface area contributed by atoms with Gasteiger partial charge in [0.15, 0.2) is 5.78 Å². The zero-order valence-electron chi connectivity index (χ0n) is 13.7. The molecule has 1 fully saturated rings. The number of benzene rings is 2. The van der Waals surface area contributed by atoms with Crippen molar-refractivity contribution in [3.8, 4) is 0 Å². The minimum atomic E-state index is -0.423. The first-order valence-electron chi connectivity index (χ1n) is 8.54. The molecule has 0 radical (unpaired) electrons. The van der Waals surface area contributed by atoms with Crippen molar-refractivity contribution in [2.75, 3.05) is 0 Å². The molecule has 2 aromatic rings. The van der Waals surface area contributed by atoms with E-state index in [9.17, 15) is 4.79 Å². The number of hydrogen-bond acceptors (Lipinski definition) is 2. The molecule has 1 saturated carbocycles. The molecule has 0 aromatic heterocycles. The van der Waals surface area contributed by atoms with Gasteiger partial charge in [-0.05, 0) is 65.3 Å². The molecular weight excluding hydrogens is 447 g/mol. The molecule has 1 aliphatic carbocycles. The number of ketones is 1. The minimum Gasteiger partial charge on any atom is -0.483 e. The fourth-order valence-corrected chi connectivity index (χ4v) is 5.13. The normalized spacial score (nSPS) is 22.3. The van der Waals surface area contributed by atoms with Crippen molar-refractivity contribution in [3.63, 3.8) is 0 Å². The lowest BCUT2D eigenvalue weighted by atomic mass is 9.72. The number of carbonyl (C=O) groups excluding carboxylic acids is 1. The van der Waals surface area contributed by atoms with Crippen LogP contribution in [-0.2, 0) is 9.53 Å². The number of carbonyl (C=O) groups is 1. The molecule has 4 heteroatoms. The summed E-state index contributed by atoms with van der Waals surface area (Å²) in [6.45, 7) is 0. The first-order chi connectivity index (χ1) is 12.1. The van der Waals surface area contributed by atoms with Crippen LogP contribution in [-0.4, -0.2) is 5.78 Å². The van der Waals surface area contributed by atoms with Gasteiger partial charge in [-0.3, -0.25) is 4.79 Å². The van der Waals surface area contributed by atoms with Gasteiger partial charge < -0.3 is 4.74 Å². The Kier molecular flexibility index (Phi) is 4.63. The molecule has 1 heterocycles.